The van der Waals surface area contributed by atoms with Gasteiger partial charge in [-0.3, -0.25) is 4.79 Å². The quantitative estimate of drug-likeness (QED) is 0.742. The molecule has 122 valence electrons. The Bertz CT molecular complexity index is 830. The first kappa shape index (κ1) is 16.3. The second kappa shape index (κ2) is 7.32. The number of hydrogen-bond donors (Lipinski definition) is 1. The third kappa shape index (κ3) is 3.66. The van der Waals surface area contributed by atoms with E-state index in [9.17, 15) is 4.79 Å². The van der Waals surface area contributed by atoms with Gasteiger partial charge in [-0.2, -0.15) is 0 Å². The summed E-state index contributed by atoms with van der Waals surface area (Å²) in [5.41, 5.74) is 2.16. The van der Waals surface area contributed by atoms with Crippen LogP contribution in [0.4, 0.5) is 0 Å². The van der Waals surface area contributed by atoms with E-state index in [1.165, 1.54) is 12.0 Å². The molecule has 0 bridgehead atoms. The maximum absolute atomic E-state index is 12.5. The predicted octanol–water partition coefficient (Wildman–Crippen LogP) is 4.53. The molecule has 1 aromatic heterocycles. The fourth-order valence-electron chi connectivity index (χ4n) is 2.47. The Morgan fingerprint density at radius 3 is 2.75 bits per heavy atom. The van der Waals surface area contributed by atoms with Crippen molar-refractivity contribution in [2.45, 2.75) is 12.8 Å². The lowest BCUT2D eigenvalue weighted by atomic mass is 10.0. The highest BCUT2D eigenvalue weighted by molar-refractivity contribution is 6.30. The van der Waals surface area contributed by atoms with Crippen LogP contribution in [0, 0.1) is 0 Å². The Kier molecular flexibility index (Phi) is 4.96. The molecule has 0 radical (unpaired) electrons. The van der Waals surface area contributed by atoms with Crippen LogP contribution in [0.2, 0.25) is 5.02 Å². The highest BCUT2D eigenvalue weighted by Crippen LogP contribution is 2.25. The number of carbonyl (C=O) groups is 1. The van der Waals surface area contributed by atoms with Crippen molar-refractivity contribution in [1.29, 1.82) is 0 Å². The van der Waals surface area contributed by atoms with Crippen molar-refractivity contribution in [1.82, 2.24) is 10.3 Å². The molecule has 1 heterocycles. The number of benzene rings is 2. The number of amides is 1. The van der Waals surface area contributed by atoms with E-state index in [-0.39, 0.29) is 17.5 Å². The molecule has 0 spiro atoms. The minimum absolute atomic E-state index is 0.205. The van der Waals surface area contributed by atoms with Crippen molar-refractivity contribution in [2.24, 2.45) is 0 Å². The standard InChI is InChI=1S/C19H17ClN2O2/c1-13(14-6-3-2-4-7-14)11-21-19(23)17-18(24-12-22-17)15-8-5-9-16(20)10-15/h2-10,12-13H,11H2,1H3,(H,21,23). The van der Waals surface area contributed by atoms with Crippen molar-refractivity contribution in [3.8, 4) is 11.3 Å². The summed E-state index contributed by atoms with van der Waals surface area (Å²) >= 11 is 6.00. The average Bonchev–Trinajstić information content (AvgIpc) is 3.10. The van der Waals surface area contributed by atoms with Crippen molar-refractivity contribution >= 4 is 17.5 Å². The molecule has 4 nitrogen and oxygen atoms in total. The lowest BCUT2D eigenvalue weighted by molar-refractivity contribution is 0.0947. The summed E-state index contributed by atoms with van der Waals surface area (Å²) in [5.74, 6) is 0.362. The molecular weight excluding hydrogens is 324 g/mol. The number of halogens is 1. The van der Waals surface area contributed by atoms with Crippen LogP contribution >= 0.6 is 11.6 Å². The van der Waals surface area contributed by atoms with Crippen LogP contribution in [0.25, 0.3) is 11.3 Å². The monoisotopic (exact) mass is 340 g/mol. The maximum Gasteiger partial charge on any atom is 0.273 e. The average molecular weight is 341 g/mol. The Morgan fingerprint density at radius 2 is 2.00 bits per heavy atom. The molecule has 0 aliphatic rings. The minimum atomic E-state index is -0.262. The molecule has 3 rings (SSSR count). The molecule has 24 heavy (non-hydrogen) atoms. The molecule has 0 aliphatic carbocycles. The van der Waals surface area contributed by atoms with Gasteiger partial charge in [0.1, 0.15) is 0 Å². The summed E-state index contributed by atoms with van der Waals surface area (Å²) in [5, 5.41) is 3.49. The van der Waals surface area contributed by atoms with Gasteiger partial charge in [0.25, 0.3) is 5.91 Å². The van der Waals surface area contributed by atoms with Crippen LogP contribution in [0.3, 0.4) is 0 Å². The zero-order valence-corrected chi connectivity index (χ0v) is 14.0. The lowest BCUT2D eigenvalue weighted by Crippen LogP contribution is -2.28. The van der Waals surface area contributed by atoms with Gasteiger partial charge in [-0.1, -0.05) is 61.0 Å². The van der Waals surface area contributed by atoms with Gasteiger partial charge in [-0.25, -0.2) is 4.98 Å². The van der Waals surface area contributed by atoms with Gasteiger partial charge >= 0.3 is 0 Å². The van der Waals surface area contributed by atoms with Crippen LogP contribution in [0.5, 0.6) is 0 Å². The van der Waals surface area contributed by atoms with E-state index in [1.807, 2.05) is 36.4 Å². The number of hydrogen-bond acceptors (Lipinski definition) is 3. The normalized spacial score (nSPS) is 11.9. The Labute approximate surface area is 145 Å². The van der Waals surface area contributed by atoms with Crippen LogP contribution in [0.15, 0.2) is 65.4 Å². The van der Waals surface area contributed by atoms with Crippen LogP contribution in [-0.2, 0) is 0 Å². The van der Waals surface area contributed by atoms with E-state index in [2.05, 4.69) is 17.2 Å². The van der Waals surface area contributed by atoms with E-state index in [0.717, 1.165) is 5.56 Å². The molecule has 5 heteroatoms. The molecule has 0 saturated heterocycles. The second-order valence-electron chi connectivity index (χ2n) is 5.56. The molecular formula is C19H17ClN2O2. The van der Waals surface area contributed by atoms with Crippen LogP contribution < -0.4 is 5.32 Å². The van der Waals surface area contributed by atoms with Crippen molar-refractivity contribution in [2.75, 3.05) is 6.54 Å². The molecule has 0 saturated carbocycles. The first-order valence-electron chi connectivity index (χ1n) is 7.67. The fourth-order valence-corrected chi connectivity index (χ4v) is 2.66. The Hall–Kier alpha value is -2.59. The summed E-state index contributed by atoms with van der Waals surface area (Å²) in [7, 11) is 0. The largest absolute Gasteiger partial charge is 0.443 e. The van der Waals surface area contributed by atoms with Gasteiger partial charge in [0.15, 0.2) is 17.8 Å². The van der Waals surface area contributed by atoms with E-state index < -0.39 is 0 Å². The van der Waals surface area contributed by atoms with Crippen LogP contribution in [0.1, 0.15) is 28.9 Å². The van der Waals surface area contributed by atoms with Gasteiger partial charge in [0.05, 0.1) is 0 Å². The van der Waals surface area contributed by atoms with Gasteiger partial charge in [-0.05, 0) is 23.6 Å². The van der Waals surface area contributed by atoms with Crippen molar-refractivity contribution in [3.05, 3.63) is 77.3 Å². The molecule has 1 atom stereocenters. The summed E-state index contributed by atoms with van der Waals surface area (Å²) in [6.45, 7) is 2.58. The Morgan fingerprint density at radius 1 is 1.21 bits per heavy atom. The summed E-state index contributed by atoms with van der Waals surface area (Å²) in [6.07, 6.45) is 1.27. The second-order valence-corrected chi connectivity index (χ2v) is 6.00. The summed E-state index contributed by atoms with van der Waals surface area (Å²) in [4.78, 5) is 16.5. The Balaban J connectivity index is 1.71. The third-order valence-corrected chi connectivity index (χ3v) is 4.04. The number of nitrogens with one attached hydrogen (secondary N) is 1. The SMILES string of the molecule is CC(CNC(=O)c1ncoc1-c1cccc(Cl)c1)c1ccccc1. The first-order valence-corrected chi connectivity index (χ1v) is 8.05. The topological polar surface area (TPSA) is 55.1 Å². The lowest BCUT2D eigenvalue weighted by Gasteiger charge is -2.12. The van der Waals surface area contributed by atoms with Gasteiger partial charge < -0.3 is 9.73 Å². The summed E-state index contributed by atoms with van der Waals surface area (Å²) in [6, 6.07) is 17.2. The smallest absolute Gasteiger partial charge is 0.273 e. The van der Waals surface area contributed by atoms with Gasteiger partial charge in [-0.15, -0.1) is 0 Å². The maximum atomic E-state index is 12.5. The molecule has 3 aromatic rings. The molecule has 0 fully saturated rings. The highest BCUT2D eigenvalue weighted by Gasteiger charge is 2.19. The van der Waals surface area contributed by atoms with E-state index in [4.69, 9.17) is 16.0 Å². The first-order chi connectivity index (χ1) is 11.6. The molecule has 1 amide bonds. The number of aromatic nitrogens is 1. The number of rotatable bonds is 5. The van der Waals surface area contributed by atoms with Crippen LogP contribution in [-0.4, -0.2) is 17.4 Å². The molecule has 1 unspecified atom stereocenters. The van der Waals surface area contributed by atoms with E-state index >= 15 is 0 Å². The minimum Gasteiger partial charge on any atom is -0.443 e. The number of carbonyl (C=O) groups excluding carboxylic acids is 1. The van der Waals surface area contributed by atoms with E-state index in [0.29, 0.717) is 17.3 Å². The zero-order chi connectivity index (χ0) is 16.9. The molecule has 0 aliphatic heterocycles. The van der Waals surface area contributed by atoms with Gasteiger partial charge in [0, 0.05) is 17.1 Å². The fraction of sp³-hybridized carbons (Fsp3) is 0.158. The predicted molar refractivity (Wildman–Crippen MR) is 94.1 cm³/mol. The molecule has 2 aromatic carbocycles. The zero-order valence-electron chi connectivity index (χ0n) is 13.2. The van der Waals surface area contributed by atoms with Gasteiger partial charge in [0.2, 0.25) is 0 Å². The third-order valence-electron chi connectivity index (χ3n) is 3.81. The van der Waals surface area contributed by atoms with E-state index in [1.54, 1.807) is 18.2 Å². The van der Waals surface area contributed by atoms with Crippen molar-refractivity contribution < 1.29 is 9.21 Å². The van der Waals surface area contributed by atoms with Crippen molar-refractivity contribution in [3.63, 3.8) is 0 Å². The number of oxazole rings is 1. The number of nitrogens with zero attached hydrogens (tertiary/aromatic N) is 1. The molecule has 1 N–H and O–H groups in total. The highest BCUT2D eigenvalue weighted by atomic mass is 35.5. The summed E-state index contributed by atoms with van der Waals surface area (Å²) < 4.78 is 5.39.